The summed E-state index contributed by atoms with van der Waals surface area (Å²) in [5.41, 5.74) is 6.49. The third-order valence-corrected chi connectivity index (χ3v) is 9.08. The molecule has 50 heavy (non-hydrogen) atoms. The first-order valence-electron chi connectivity index (χ1n) is 17.4. The fraction of sp³-hybridized carbons (Fsp3) is 0.410. The van der Waals surface area contributed by atoms with Crippen molar-refractivity contribution in [2.45, 2.75) is 90.5 Å². The lowest BCUT2D eigenvalue weighted by molar-refractivity contribution is 0.0208. The van der Waals surface area contributed by atoms with E-state index in [1.54, 1.807) is 9.80 Å². The molecule has 2 N–H and O–H groups in total. The molecule has 260 valence electrons. The Morgan fingerprint density at radius 1 is 0.680 bits per heavy atom. The van der Waals surface area contributed by atoms with Crippen LogP contribution in [-0.4, -0.2) is 71.2 Å². The molecular formula is C39H45N7O4. The maximum absolute atomic E-state index is 12.9. The van der Waals surface area contributed by atoms with Gasteiger partial charge in [-0.1, -0.05) is 36.4 Å². The average Bonchev–Trinajstić information content (AvgIpc) is 3.88. The number of ether oxygens (including phenoxy) is 2. The second-order valence-corrected chi connectivity index (χ2v) is 15.2. The van der Waals surface area contributed by atoms with Gasteiger partial charge in [0.15, 0.2) is 0 Å². The van der Waals surface area contributed by atoms with Gasteiger partial charge in [-0.2, -0.15) is 0 Å². The van der Waals surface area contributed by atoms with Crippen molar-refractivity contribution in [2.24, 2.45) is 0 Å². The first-order chi connectivity index (χ1) is 23.8. The van der Waals surface area contributed by atoms with Gasteiger partial charge in [-0.3, -0.25) is 14.8 Å². The number of likely N-dealkylation sites (tertiary alicyclic amines) is 2. The van der Waals surface area contributed by atoms with E-state index in [4.69, 9.17) is 19.4 Å². The lowest BCUT2D eigenvalue weighted by atomic mass is 10.0. The predicted octanol–water partition coefficient (Wildman–Crippen LogP) is 8.83. The minimum absolute atomic E-state index is 0.126. The number of benzene rings is 2. The molecule has 2 aliphatic heterocycles. The molecule has 0 bridgehead atoms. The number of fused-ring (bicyclic) bond motifs is 1. The van der Waals surface area contributed by atoms with E-state index in [0.717, 1.165) is 82.0 Å². The number of aromatic amines is 2. The van der Waals surface area contributed by atoms with Crippen LogP contribution in [-0.2, 0) is 9.47 Å². The fourth-order valence-corrected chi connectivity index (χ4v) is 6.76. The number of amides is 2. The van der Waals surface area contributed by atoms with Gasteiger partial charge < -0.3 is 19.4 Å². The molecule has 2 aliphatic rings. The van der Waals surface area contributed by atoms with E-state index in [0.29, 0.717) is 13.1 Å². The second-order valence-electron chi connectivity index (χ2n) is 15.2. The van der Waals surface area contributed by atoms with E-state index in [9.17, 15) is 9.59 Å². The first kappa shape index (κ1) is 33.3. The Morgan fingerprint density at radius 3 is 1.86 bits per heavy atom. The van der Waals surface area contributed by atoms with E-state index >= 15 is 0 Å². The number of nitrogens with one attached hydrogen (secondary N) is 2. The van der Waals surface area contributed by atoms with Crippen molar-refractivity contribution in [1.82, 2.24) is 34.7 Å². The molecule has 3 aromatic heterocycles. The summed E-state index contributed by atoms with van der Waals surface area (Å²) >= 11 is 0. The Hall–Kier alpha value is -5.19. The van der Waals surface area contributed by atoms with Crippen molar-refractivity contribution >= 4 is 23.2 Å². The number of carbonyl (C=O) groups is 2. The smallest absolute Gasteiger partial charge is 0.410 e. The van der Waals surface area contributed by atoms with Crippen molar-refractivity contribution in [1.29, 1.82) is 0 Å². The fourth-order valence-electron chi connectivity index (χ4n) is 6.76. The highest BCUT2D eigenvalue weighted by Gasteiger charge is 2.36. The van der Waals surface area contributed by atoms with Gasteiger partial charge in [0.1, 0.15) is 22.9 Å². The van der Waals surface area contributed by atoms with Crippen LogP contribution in [0.1, 0.15) is 91.0 Å². The van der Waals surface area contributed by atoms with E-state index in [2.05, 4.69) is 57.4 Å². The van der Waals surface area contributed by atoms with Crippen LogP contribution in [0.15, 0.2) is 67.0 Å². The van der Waals surface area contributed by atoms with Gasteiger partial charge >= 0.3 is 12.2 Å². The molecule has 2 saturated heterocycles. The van der Waals surface area contributed by atoms with Gasteiger partial charge in [-0.05, 0) is 96.6 Å². The summed E-state index contributed by atoms with van der Waals surface area (Å²) in [5.74, 6) is 1.56. The summed E-state index contributed by atoms with van der Waals surface area (Å²) in [4.78, 5) is 50.4. The Bertz CT molecular complexity index is 2000. The van der Waals surface area contributed by atoms with Gasteiger partial charge in [-0.15, -0.1) is 0 Å². The van der Waals surface area contributed by atoms with Crippen molar-refractivity contribution < 1.29 is 19.1 Å². The molecule has 2 amide bonds. The number of nitrogens with zero attached hydrogens (tertiary/aromatic N) is 5. The van der Waals surface area contributed by atoms with Crippen LogP contribution >= 0.6 is 0 Å². The highest BCUT2D eigenvalue weighted by molar-refractivity contribution is 5.82. The number of carbonyl (C=O) groups excluding carboxylic acids is 2. The summed E-state index contributed by atoms with van der Waals surface area (Å²) < 4.78 is 11.3. The average molecular weight is 676 g/mol. The van der Waals surface area contributed by atoms with Gasteiger partial charge in [0.25, 0.3) is 0 Å². The predicted molar refractivity (Wildman–Crippen MR) is 192 cm³/mol. The van der Waals surface area contributed by atoms with Crippen LogP contribution in [0.25, 0.3) is 44.7 Å². The molecule has 2 fully saturated rings. The van der Waals surface area contributed by atoms with E-state index < -0.39 is 11.2 Å². The molecular weight excluding hydrogens is 630 g/mol. The third-order valence-electron chi connectivity index (χ3n) is 9.08. The first-order valence-corrected chi connectivity index (χ1v) is 17.4. The number of imidazole rings is 2. The summed E-state index contributed by atoms with van der Waals surface area (Å²) in [5, 5.41) is 0. The van der Waals surface area contributed by atoms with Crippen molar-refractivity contribution in [2.75, 3.05) is 13.1 Å². The van der Waals surface area contributed by atoms with Crippen molar-refractivity contribution in [3.8, 4) is 33.6 Å². The molecule has 2 unspecified atom stereocenters. The van der Waals surface area contributed by atoms with Crippen LogP contribution in [0, 0.1) is 0 Å². The molecule has 11 nitrogen and oxygen atoms in total. The molecule has 5 aromatic rings. The Kier molecular flexibility index (Phi) is 8.61. The molecule has 0 aliphatic carbocycles. The van der Waals surface area contributed by atoms with Crippen LogP contribution in [0.5, 0.6) is 0 Å². The highest BCUT2D eigenvalue weighted by atomic mass is 16.6. The maximum atomic E-state index is 12.9. The maximum Gasteiger partial charge on any atom is 0.410 e. The minimum Gasteiger partial charge on any atom is -0.444 e. The molecule has 5 heterocycles. The van der Waals surface area contributed by atoms with Gasteiger partial charge in [-0.25, -0.2) is 19.6 Å². The van der Waals surface area contributed by atoms with E-state index in [1.165, 1.54) is 0 Å². The van der Waals surface area contributed by atoms with Crippen LogP contribution < -0.4 is 0 Å². The standard InChI is InChI=1S/C39H45N7O4/c1-38(2,3)49-36(47)45-19-7-9-32(45)34-41-23-31(44-34)25-13-11-24(12-14-25)28-17-16-27(22-40-28)26-15-18-29-30(21-26)43-35(42-29)33-10-8-20-46(33)37(48)50-39(4,5)6/h11-18,21-23,32-33H,7-10,19-20H2,1-6H3,(H,41,44)(H,42,43). The van der Waals surface area contributed by atoms with E-state index in [1.807, 2.05) is 66.1 Å². The zero-order valence-corrected chi connectivity index (χ0v) is 29.6. The molecule has 11 heteroatoms. The lowest BCUT2D eigenvalue weighted by Gasteiger charge is -2.27. The number of pyridine rings is 1. The summed E-state index contributed by atoms with van der Waals surface area (Å²) in [6.45, 7) is 12.6. The third kappa shape index (κ3) is 7.08. The van der Waals surface area contributed by atoms with Crippen LogP contribution in [0.2, 0.25) is 0 Å². The zero-order chi connectivity index (χ0) is 35.2. The van der Waals surface area contributed by atoms with Crippen LogP contribution in [0.3, 0.4) is 0 Å². The lowest BCUT2D eigenvalue weighted by Crippen LogP contribution is -2.36. The quantitative estimate of drug-likeness (QED) is 0.190. The number of hydrogen-bond acceptors (Lipinski definition) is 7. The second kappa shape index (κ2) is 12.9. The van der Waals surface area contributed by atoms with Crippen molar-refractivity contribution in [3.63, 3.8) is 0 Å². The van der Waals surface area contributed by atoms with Gasteiger partial charge in [0, 0.05) is 30.4 Å². The molecule has 0 radical (unpaired) electrons. The SMILES string of the molecule is CC(C)(C)OC(=O)N1CCCC1c1ncc(-c2ccc(-c3ccc(-c4ccc5nc(C6CCCN6C(=O)OC(C)(C)C)[nH]c5c4)cn3)cc2)[nH]1. The largest absolute Gasteiger partial charge is 0.444 e. The van der Waals surface area contributed by atoms with Crippen LogP contribution in [0.4, 0.5) is 9.59 Å². The van der Waals surface area contributed by atoms with Crippen molar-refractivity contribution in [3.05, 3.63) is 78.6 Å². The number of aromatic nitrogens is 5. The summed E-state index contributed by atoms with van der Waals surface area (Å²) in [6.07, 6.45) is 6.63. The topological polar surface area (TPSA) is 129 Å². The summed E-state index contributed by atoms with van der Waals surface area (Å²) in [7, 11) is 0. The minimum atomic E-state index is -0.546. The van der Waals surface area contributed by atoms with Gasteiger partial charge in [0.05, 0.1) is 40.7 Å². The molecule has 0 saturated carbocycles. The van der Waals surface area contributed by atoms with E-state index in [-0.39, 0.29) is 24.3 Å². The monoisotopic (exact) mass is 675 g/mol. The summed E-state index contributed by atoms with van der Waals surface area (Å²) in [6, 6.07) is 18.2. The highest BCUT2D eigenvalue weighted by Crippen LogP contribution is 2.35. The molecule has 2 atom stereocenters. The number of hydrogen-bond donors (Lipinski definition) is 2. The number of H-pyrrole nitrogens is 2. The normalized spacial score (nSPS) is 18.2. The Labute approximate surface area is 292 Å². The molecule has 2 aromatic carbocycles. The number of rotatable bonds is 5. The molecule has 0 spiro atoms. The van der Waals surface area contributed by atoms with Gasteiger partial charge in [0.2, 0.25) is 0 Å². The molecule has 7 rings (SSSR count). The Morgan fingerprint density at radius 2 is 1.26 bits per heavy atom. The Balaban J connectivity index is 1.03. The zero-order valence-electron chi connectivity index (χ0n) is 29.6.